The molecule has 1 aliphatic rings. The summed E-state index contributed by atoms with van der Waals surface area (Å²) in [5.41, 5.74) is 7.67. The fourth-order valence-electron chi connectivity index (χ4n) is 1.64. The summed E-state index contributed by atoms with van der Waals surface area (Å²) in [4.78, 5) is 12.1. The first-order valence-electron chi connectivity index (χ1n) is 6.44. The first-order chi connectivity index (χ1) is 9.23. The van der Waals surface area contributed by atoms with Crippen LogP contribution >= 0.6 is 0 Å². The Morgan fingerprint density at radius 3 is 2.60 bits per heavy atom. The molecular formula is C12H22F2N4O2. The second kappa shape index (κ2) is 8.71. The molecule has 0 aromatic heterocycles. The SMILES string of the molecule is CC(C)(C)OC=O.[N-]=[N+]=NCCC1CCNCC1(F)F. The third-order valence-electron chi connectivity index (χ3n) is 2.67. The minimum Gasteiger partial charge on any atom is -0.462 e. The summed E-state index contributed by atoms with van der Waals surface area (Å²) in [6.07, 6.45) is 0.729. The fraction of sp³-hybridized carbons (Fsp3) is 0.917. The molecule has 1 heterocycles. The van der Waals surface area contributed by atoms with Gasteiger partial charge in [0.15, 0.2) is 0 Å². The zero-order valence-corrected chi connectivity index (χ0v) is 12.1. The Morgan fingerprint density at radius 2 is 2.20 bits per heavy atom. The Bertz CT molecular complexity index is 339. The van der Waals surface area contributed by atoms with E-state index in [2.05, 4.69) is 20.1 Å². The fourth-order valence-corrected chi connectivity index (χ4v) is 1.64. The zero-order valence-electron chi connectivity index (χ0n) is 12.1. The highest BCUT2D eigenvalue weighted by molar-refractivity contribution is 5.37. The molecule has 20 heavy (non-hydrogen) atoms. The molecule has 1 unspecified atom stereocenters. The molecule has 1 rings (SSSR count). The number of hydrogen-bond donors (Lipinski definition) is 1. The van der Waals surface area contributed by atoms with Crippen molar-refractivity contribution in [3.63, 3.8) is 0 Å². The minimum absolute atomic E-state index is 0.163. The van der Waals surface area contributed by atoms with Gasteiger partial charge < -0.3 is 10.1 Å². The first kappa shape index (κ1) is 18.6. The van der Waals surface area contributed by atoms with E-state index in [1.807, 2.05) is 20.8 Å². The number of ether oxygens (including phenoxy) is 1. The summed E-state index contributed by atoms with van der Waals surface area (Å²) >= 11 is 0. The van der Waals surface area contributed by atoms with Crippen LogP contribution in [-0.2, 0) is 9.53 Å². The lowest BCUT2D eigenvalue weighted by Gasteiger charge is -2.31. The summed E-state index contributed by atoms with van der Waals surface area (Å²) in [6.45, 7) is 6.45. The van der Waals surface area contributed by atoms with Crippen LogP contribution in [-0.4, -0.2) is 37.6 Å². The summed E-state index contributed by atoms with van der Waals surface area (Å²) in [7, 11) is 0. The van der Waals surface area contributed by atoms with E-state index < -0.39 is 11.8 Å². The van der Waals surface area contributed by atoms with Crippen molar-refractivity contribution in [1.82, 2.24) is 5.32 Å². The number of alkyl halides is 2. The molecule has 116 valence electrons. The first-order valence-corrected chi connectivity index (χ1v) is 6.44. The van der Waals surface area contributed by atoms with Crippen molar-refractivity contribution >= 4 is 6.47 Å². The van der Waals surface area contributed by atoms with Crippen molar-refractivity contribution < 1.29 is 18.3 Å². The summed E-state index contributed by atoms with van der Waals surface area (Å²) in [6, 6.07) is 0. The summed E-state index contributed by atoms with van der Waals surface area (Å²) in [5, 5.41) is 5.90. The van der Waals surface area contributed by atoms with Gasteiger partial charge in [0.2, 0.25) is 0 Å². The average molecular weight is 292 g/mol. The molecule has 0 aliphatic carbocycles. The van der Waals surface area contributed by atoms with Gasteiger partial charge in [-0.25, -0.2) is 8.78 Å². The lowest BCUT2D eigenvalue weighted by atomic mass is 9.91. The molecule has 0 bridgehead atoms. The molecule has 0 radical (unpaired) electrons. The monoisotopic (exact) mass is 292 g/mol. The molecule has 1 fully saturated rings. The van der Waals surface area contributed by atoms with Crippen LogP contribution in [0, 0.1) is 5.92 Å². The van der Waals surface area contributed by atoms with Crippen molar-refractivity contribution in [1.29, 1.82) is 0 Å². The van der Waals surface area contributed by atoms with Crippen LogP contribution < -0.4 is 5.32 Å². The smallest absolute Gasteiger partial charge is 0.293 e. The lowest BCUT2D eigenvalue weighted by Crippen LogP contribution is -2.46. The quantitative estimate of drug-likeness (QED) is 0.374. The molecule has 6 nitrogen and oxygen atoms in total. The maximum Gasteiger partial charge on any atom is 0.293 e. The standard InChI is InChI=1S/C7H12F2N4.C5H10O2/c8-7(9)5-11-3-1-6(7)2-4-12-13-10;1-5(2,3)7-4-6/h6,11H,1-5H2;4H,1-3H3. The Hall–Kier alpha value is -1.40. The van der Waals surface area contributed by atoms with Gasteiger partial charge in [0.05, 0.1) is 6.54 Å². The Labute approximate surface area is 117 Å². The van der Waals surface area contributed by atoms with Crippen molar-refractivity contribution in [2.75, 3.05) is 19.6 Å². The number of piperidine rings is 1. The number of rotatable bonds is 4. The molecule has 0 aromatic carbocycles. The van der Waals surface area contributed by atoms with Crippen molar-refractivity contribution in [3.8, 4) is 0 Å². The van der Waals surface area contributed by atoms with E-state index in [1.54, 1.807) is 0 Å². The minimum atomic E-state index is -2.65. The number of halogens is 2. The summed E-state index contributed by atoms with van der Waals surface area (Å²) in [5.74, 6) is -3.29. The maximum atomic E-state index is 13.1. The number of nitrogens with one attached hydrogen (secondary N) is 1. The zero-order chi connectivity index (χ0) is 15.6. The molecule has 0 amide bonds. The molecule has 8 heteroatoms. The Kier molecular flexibility index (Phi) is 8.10. The molecule has 1 saturated heterocycles. The van der Waals surface area contributed by atoms with Crippen LogP contribution in [0.3, 0.4) is 0 Å². The van der Waals surface area contributed by atoms with Gasteiger partial charge in [-0.3, -0.25) is 4.79 Å². The Morgan fingerprint density at radius 1 is 1.55 bits per heavy atom. The highest BCUT2D eigenvalue weighted by atomic mass is 19.3. The molecular weight excluding hydrogens is 270 g/mol. The van der Waals surface area contributed by atoms with E-state index in [0.29, 0.717) is 19.4 Å². The van der Waals surface area contributed by atoms with Crippen LogP contribution in [0.25, 0.3) is 10.4 Å². The van der Waals surface area contributed by atoms with Gasteiger partial charge in [0.1, 0.15) is 5.60 Å². The topological polar surface area (TPSA) is 87.1 Å². The Balaban J connectivity index is 0.000000441. The van der Waals surface area contributed by atoms with Crippen LogP contribution in [0.2, 0.25) is 0 Å². The molecule has 0 spiro atoms. The normalized spacial score (nSPS) is 20.9. The van der Waals surface area contributed by atoms with Gasteiger partial charge >= 0.3 is 0 Å². The van der Waals surface area contributed by atoms with Gasteiger partial charge in [-0.15, -0.1) is 0 Å². The van der Waals surface area contributed by atoms with E-state index in [9.17, 15) is 13.6 Å². The van der Waals surface area contributed by atoms with Gasteiger partial charge in [-0.2, -0.15) is 0 Å². The number of hydrogen-bond acceptors (Lipinski definition) is 4. The van der Waals surface area contributed by atoms with Crippen LogP contribution in [0.1, 0.15) is 33.6 Å². The van der Waals surface area contributed by atoms with Crippen molar-refractivity contribution in [2.45, 2.75) is 45.1 Å². The predicted octanol–water partition coefficient (Wildman–Crippen LogP) is 2.89. The van der Waals surface area contributed by atoms with Gasteiger partial charge in [0, 0.05) is 17.4 Å². The van der Waals surface area contributed by atoms with Crippen LogP contribution in [0.15, 0.2) is 5.11 Å². The molecule has 1 atom stereocenters. The van der Waals surface area contributed by atoms with Crippen LogP contribution in [0.4, 0.5) is 8.78 Å². The summed E-state index contributed by atoms with van der Waals surface area (Å²) < 4.78 is 30.7. The molecule has 1 aliphatic heterocycles. The second-order valence-electron chi connectivity index (χ2n) is 5.49. The number of azide groups is 1. The van der Waals surface area contributed by atoms with E-state index in [4.69, 9.17) is 5.53 Å². The average Bonchev–Trinajstić information content (AvgIpc) is 2.30. The van der Waals surface area contributed by atoms with E-state index >= 15 is 0 Å². The third-order valence-corrected chi connectivity index (χ3v) is 2.67. The predicted molar refractivity (Wildman–Crippen MR) is 71.5 cm³/mol. The van der Waals surface area contributed by atoms with Crippen molar-refractivity contribution in [3.05, 3.63) is 10.4 Å². The van der Waals surface area contributed by atoms with Gasteiger partial charge in [-0.05, 0) is 45.7 Å². The largest absolute Gasteiger partial charge is 0.462 e. The van der Waals surface area contributed by atoms with E-state index in [1.165, 1.54) is 0 Å². The van der Waals surface area contributed by atoms with Crippen molar-refractivity contribution in [2.24, 2.45) is 11.0 Å². The third kappa shape index (κ3) is 8.66. The number of carbonyl (C=O) groups is 1. The molecule has 0 saturated carbocycles. The number of nitrogens with zero attached hydrogens (tertiary/aromatic N) is 3. The highest BCUT2D eigenvalue weighted by Gasteiger charge is 2.40. The number of carbonyl (C=O) groups excluding carboxylic acids is 1. The van der Waals surface area contributed by atoms with E-state index in [0.717, 1.165) is 0 Å². The lowest BCUT2D eigenvalue weighted by molar-refractivity contribution is -0.138. The van der Waals surface area contributed by atoms with Crippen LogP contribution in [0.5, 0.6) is 0 Å². The van der Waals surface area contributed by atoms with Gasteiger partial charge in [-0.1, -0.05) is 5.11 Å². The maximum absolute atomic E-state index is 13.1. The second-order valence-corrected chi connectivity index (χ2v) is 5.49. The highest BCUT2D eigenvalue weighted by Crippen LogP contribution is 2.31. The molecule has 1 N–H and O–H groups in total. The van der Waals surface area contributed by atoms with E-state index in [-0.39, 0.29) is 25.1 Å². The molecule has 0 aromatic rings. The van der Waals surface area contributed by atoms with Gasteiger partial charge in [0.25, 0.3) is 12.4 Å².